The molecule has 6 nitrogen and oxygen atoms in total. The fraction of sp³-hybridized carbons (Fsp3) is 0.417. The van der Waals surface area contributed by atoms with Gasteiger partial charge in [-0.1, -0.05) is 0 Å². The van der Waals surface area contributed by atoms with Crippen molar-refractivity contribution in [3.63, 3.8) is 0 Å². The molecule has 0 fully saturated rings. The summed E-state index contributed by atoms with van der Waals surface area (Å²) in [4.78, 5) is 11.6. The molecule has 0 radical (unpaired) electrons. The highest BCUT2D eigenvalue weighted by molar-refractivity contribution is 7.99. The molecule has 1 aromatic carbocycles. The summed E-state index contributed by atoms with van der Waals surface area (Å²) in [6, 6.07) is 4.52. The van der Waals surface area contributed by atoms with Crippen LogP contribution in [0.4, 0.5) is 5.69 Å². The summed E-state index contributed by atoms with van der Waals surface area (Å²) in [7, 11) is 0.637. The molecule has 0 aliphatic rings. The van der Waals surface area contributed by atoms with E-state index < -0.39 is 10.0 Å². The van der Waals surface area contributed by atoms with Crippen molar-refractivity contribution in [2.24, 2.45) is 0 Å². The zero-order valence-electron chi connectivity index (χ0n) is 11.8. The van der Waals surface area contributed by atoms with Crippen LogP contribution in [0.25, 0.3) is 0 Å². The van der Waals surface area contributed by atoms with Gasteiger partial charge in [0, 0.05) is 19.8 Å². The van der Waals surface area contributed by atoms with Gasteiger partial charge in [0.15, 0.2) is 0 Å². The number of methoxy groups -OCH3 is 1. The van der Waals surface area contributed by atoms with Crippen molar-refractivity contribution in [1.82, 2.24) is 4.31 Å². The lowest BCUT2D eigenvalue weighted by Gasteiger charge is -2.15. The minimum atomic E-state index is -3.64. The Hall–Kier alpha value is -1.25. The molecule has 0 aliphatic carbocycles. The topological polar surface area (TPSA) is 75.7 Å². The van der Waals surface area contributed by atoms with Gasteiger partial charge in [-0.3, -0.25) is 4.79 Å². The number of anilines is 1. The van der Waals surface area contributed by atoms with E-state index in [1.165, 1.54) is 45.1 Å². The fourth-order valence-electron chi connectivity index (χ4n) is 1.48. The minimum absolute atomic E-state index is 0.0203. The van der Waals surface area contributed by atoms with Gasteiger partial charge in [0.1, 0.15) is 10.6 Å². The highest BCUT2D eigenvalue weighted by atomic mass is 32.2. The molecule has 0 aliphatic heterocycles. The maximum absolute atomic E-state index is 12.2. The van der Waals surface area contributed by atoms with Gasteiger partial charge in [0.05, 0.1) is 12.9 Å². The number of hydrogen-bond donors (Lipinski definition) is 1. The standard InChI is InChI=1S/C12H18N2O4S2/c1-14(2)20(16,17)11-7-9(5-6-10(11)18-3)13-12(15)8-19-4/h5-7H,8H2,1-4H3,(H,13,15). The van der Waals surface area contributed by atoms with Crippen LogP contribution >= 0.6 is 11.8 Å². The Morgan fingerprint density at radius 3 is 2.55 bits per heavy atom. The third-order valence-electron chi connectivity index (χ3n) is 2.48. The van der Waals surface area contributed by atoms with Crippen LogP contribution in [0.1, 0.15) is 0 Å². The Labute approximate surface area is 123 Å². The van der Waals surface area contributed by atoms with Crippen molar-refractivity contribution >= 4 is 33.4 Å². The lowest BCUT2D eigenvalue weighted by molar-refractivity contribution is -0.113. The minimum Gasteiger partial charge on any atom is -0.495 e. The maximum Gasteiger partial charge on any atom is 0.246 e. The van der Waals surface area contributed by atoms with Gasteiger partial charge in [0.25, 0.3) is 0 Å². The zero-order chi connectivity index (χ0) is 15.3. The predicted molar refractivity (Wildman–Crippen MR) is 80.9 cm³/mol. The summed E-state index contributed by atoms with van der Waals surface area (Å²) in [5.74, 6) is 0.361. The first-order valence-electron chi connectivity index (χ1n) is 5.72. The summed E-state index contributed by atoms with van der Waals surface area (Å²) in [6.07, 6.45) is 1.82. The number of thioether (sulfide) groups is 1. The number of amides is 1. The zero-order valence-corrected chi connectivity index (χ0v) is 13.5. The number of hydrogen-bond acceptors (Lipinski definition) is 5. The average Bonchev–Trinajstić information content (AvgIpc) is 2.38. The summed E-state index contributed by atoms with van der Waals surface area (Å²) >= 11 is 1.39. The first-order valence-corrected chi connectivity index (χ1v) is 8.55. The smallest absolute Gasteiger partial charge is 0.246 e. The van der Waals surface area contributed by atoms with E-state index in [1.54, 1.807) is 6.07 Å². The summed E-state index contributed by atoms with van der Waals surface area (Å²) in [5, 5.41) is 2.65. The molecule has 0 saturated carbocycles. The van der Waals surface area contributed by atoms with Gasteiger partial charge in [-0.05, 0) is 24.5 Å². The van der Waals surface area contributed by atoms with Crippen LogP contribution in [0.15, 0.2) is 23.1 Å². The number of ether oxygens (including phenoxy) is 1. The number of carbonyl (C=O) groups excluding carboxylic acids is 1. The molecule has 0 bridgehead atoms. The number of carbonyl (C=O) groups is 1. The number of benzene rings is 1. The predicted octanol–water partition coefficient (Wildman–Crippen LogP) is 1.25. The molecule has 0 heterocycles. The average molecular weight is 318 g/mol. The van der Waals surface area contributed by atoms with Crippen molar-refractivity contribution in [2.45, 2.75) is 4.90 Å². The van der Waals surface area contributed by atoms with E-state index in [9.17, 15) is 13.2 Å². The monoisotopic (exact) mass is 318 g/mol. The van der Waals surface area contributed by atoms with E-state index in [2.05, 4.69) is 5.32 Å². The van der Waals surface area contributed by atoms with E-state index in [4.69, 9.17) is 4.74 Å². The van der Waals surface area contributed by atoms with Crippen LogP contribution < -0.4 is 10.1 Å². The lowest BCUT2D eigenvalue weighted by atomic mass is 10.3. The molecule has 1 aromatic rings. The number of nitrogens with zero attached hydrogens (tertiary/aromatic N) is 1. The normalized spacial score (nSPS) is 11.4. The van der Waals surface area contributed by atoms with Crippen molar-refractivity contribution in [3.05, 3.63) is 18.2 Å². The second-order valence-corrected chi connectivity index (χ2v) is 7.12. The molecule has 20 heavy (non-hydrogen) atoms. The SMILES string of the molecule is COc1ccc(NC(=O)CSC)cc1S(=O)(=O)N(C)C. The third kappa shape index (κ3) is 3.87. The van der Waals surface area contributed by atoms with Gasteiger partial charge in [-0.2, -0.15) is 11.8 Å². The molecule has 0 unspecified atom stereocenters. The number of sulfonamides is 1. The van der Waals surface area contributed by atoms with E-state index >= 15 is 0 Å². The van der Waals surface area contributed by atoms with Crippen LogP contribution in [0.2, 0.25) is 0 Å². The van der Waals surface area contributed by atoms with Crippen molar-refractivity contribution in [3.8, 4) is 5.75 Å². The van der Waals surface area contributed by atoms with Crippen LogP contribution in [0.3, 0.4) is 0 Å². The molecule has 0 aromatic heterocycles. The Morgan fingerprint density at radius 2 is 2.05 bits per heavy atom. The molecule has 8 heteroatoms. The molecule has 112 valence electrons. The Bertz CT molecular complexity index is 585. The fourth-order valence-corrected chi connectivity index (χ4v) is 2.89. The molecule has 0 saturated heterocycles. The Balaban J connectivity index is 3.19. The van der Waals surface area contributed by atoms with Crippen molar-refractivity contribution in [1.29, 1.82) is 0 Å². The van der Waals surface area contributed by atoms with Crippen molar-refractivity contribution < 1.29 is 17.9 Å². The van der Waals surface area contributed by atoms with Gasteiger partial charge < -0.3 is 10.1 Å². The second kappa shape index (κ2) is 6.96. The molecule has 0 spiro atoms. The van der Waals surface area contributed by atoms with Crippen LogP contribution in [-0.2, 0) is 14.8 Å². The second-order valence-electron chi connectivity index (χ2n) is 4.13. The van der Waals surface area contributed by atoms with Crippen LogP contribution in [0, 0.1) is 0 Å². The van der Waals surface area contributed by atoms with E-state index in [0.29, 0.717) is 11.4 Å². The first-order chi connectivity index (χ1) is 9.32. The number of nitrogens with one attached hydrogen (secondary N) is 1. The Kier molecular flexibility index (Phi) is 5.85. The molecule has 0 atom stereocenters. The maximum atomic E-state index is 12.2. The largest absolute Gasteiger partial charge is 0.495 e. The highest BCUT2D eigenvalue weighted by Gasteiger charge is 2.22. The third-order valence-corrected chi connectivity index (χ3v) is 4.87. The molecule has 1 N–H and O–H groups in total. The summed E-state index contributed by atoms with van der Waals surface area (Å²) in [5.41, 5.74) is 0.422. The first kappa shape index (κ1) is 16.8. The van der Waals surface area contributed by atoms with Crippen LogP contribution in [0.5, 0.6) is 5.75 Å². The Morgan fingerprint density at radius 1 is 1.40 bits per heavy atom. The van der Waals surface area contributed by atoms with Gasteiger partial charge in [-0.15, -0.1) is 0 Å². The molecular weight excluding hydrogens is 300 g/mol. The van der Waals surface area contributed by atoms with Crippen LogP contribution in [-0.4, -0.2) is 51.8 Å². The van der Waals surface area contributed by atoms with E-state index in [1.807, 2.05) is 6.26 Å². The van der Waals surface area contributed by atoms with Crippen molar-refractivity contribution in [2.75, 3.05) is 38.5 Å². The molecule has 1 amide bonds. The van der Waals surface area contributed by atoms with E-state index in [-0.39, 0.29) is 16.6 Å². The van der Waals surface area contributed by atoms with Gasteiger partial charge >= 0.3 is 0 Å². The van der Waals surface area contributed by atoms with Gasteiger partial charge in [0.2, 0.25) is 15.9 Å². The van der Waals surface area contributed by atoms with E-state index in [0.717, 1.165) is 4.31 Å². The summed E-state index contributed by atoms with van der Waals surface area (Å²) in [6.45, 7) is 0. The molecule has 1 rings (SSSR count). The summed E-state index contributed by atoms with van der Waals surface area (Å²) < 4.78 is 30.6. The van der Waals surface area contributed by atoms with Gasteiger partial charge in [-0.25, -0.2) is 12.7 Å². The number of rotatable bonds is 6. The quantitative estimate of drug-likeness (QED) is 0.854. The molecular formula is C12H18N2O4S2. The highest BCUT2D eigenvalue weighted by Crippen LogP contribution is 2.28. The lowest BCUT2D eigenvalue weighted by Crippen LogP contribution is -2.23.